The third kappa shape index (κ3) is 27.9. The summed E-state index contributed by atoms with van der Waals surface area (Å²) in [6.45, 7) is 11.9. The highest BCUT2D eigenvalue weighted by atomic mass is 35.5. The molecule has 5 amide bonds. The number of benzene rings is 7. The molecular formula is C74H98ClN9O7. The van der Waals surface area contributed by atoms with Crippen LogP contribution in [0.4, 0.5) is 11.4 Å². The van der Waals surface area contributed by atoms with Crippen molar-refractivity contribution >= 4 is 85.9 Å². The summed E-state index contributed by atoms with van der Waals surface area (Å²) < 4.78 is 0. The predicted molar refractivity (Wildman–Crippen MR) is 375 cm³/mol. The summed E-state index contributed by atoms with van der Waals surface area (Å²) in [5.41, 5.74) is 12.1. The van der Waals surface area contributed by atoms with Crippen LogP contribution in [0.5, 0.6) is 0 Å². The number of anilines is 2. The van der Waals surface area contributed by atoms with E-state index in [-0.39, 0.29) is 47.3 Å². The van der Waals surface area contributed by atoms with Gasteiger partial charge in [0.2, 0.25) is 17.7 Å². The van der Waals surface area contributed by atoms with E-state index in [4.69, 9.17) is 22.4 Å². The van der Waals surface area contributed by atoms with Crippen LogP contribution in [0.2, 0.25) is 0 Å². The monoisotopic (exact) mass is 1260 g/mol. The fourth-order valence-corrected chi connectivity index (χ4v) is 9.43. The molecule has 0 heterocycles. The van der Waals surface area contributed by atoms with Crippen molar-refractivity contribution in [3.05, 3.63) is 192 Å². The van der Waals surface area contributed by atoms with Gasteiger partial charge in [0.15, 0.2) is 0 Å². The number of nitrogens with one attached hydrogen (secondary N) is 5. The molecule has 0 radical (unpaired) electrons. The van der Waals surface area contributed by atoms with Crippen LogP contribution in [0.3, 0.4) is 0 Å². The Morgan fingerprint density at radius 1 is 0.473 bits per heavy atom. The molecule has 488 valence electrons. The van der Waals surface area contributed by atoms with Gasteiger partial charge < -0.3 is 47.2 Å². The number of unbranched alkanes of at least 4 members (excludes halogenated alkanes) is 3. The number of nitrogens with zero attached hydrogens (tertiary/aromatic N) is 3. The lowest BCUT2D eigenvalue weighted by Gasteiger charge is -2.19. The number of carbonyl (C=O) groups is 6. The molecule has 0 aliphatic rings. The van der Waals surface area contributed by atoms with E-state index in [9.17, 15) is 28.8 Å². The molecule has 7 aromatic rings. The van der Waals surface area contributed by atoms with Crippen LogP contribution in [0.15, 0.2) is 169 Å². The second-order valence-electron chi connectivity index (χ2n) is 23.2. The number of carboxylic acid groups (broad SMARTS) is 1. The number of carbonyl (C=O) groups excluding carboxylic acids is 5. The Kier molecular flexibility index (Phi) is 34.1. The molecule has 0 aliphatic heterocycles. The lowest BCUT2D eigenvalue weighted by atomic mass is 10.0. The number of amides is 5. The molecule has 91 heavy (non-hydrogen) atoms. The first kappa shape index (κ1) is 74.7. The van der Waals surface area contributed by atoms with Crippen molar-refractivity contribution in [3.8, 4) is 0 Å². The van der Waals surface area contributed by atoms with E-state index >= 15 is 0 Å². The zero-order valence-corrected chi connectivity index (χ0v) is 55.7. The number of nitrogens with two attached hydrogens (primary N) is 1. The minimum Gasteiger partial charge on any atom is -0.481 e. The molecular weight excluding hydrogens is 1160 g/mol. The van der Waals surface area contributed by atoms with Gasteiger partial charge in [0.05, 0.1) is 11.8 Å². The Hall–Kier alpha value is -8.76. The number of rotatable bonds is 30. The smallest absolute Gasteiger partial charge is 0.306 e. The van der Waals surface area contributed by atoms with E-state index < -0.39 is 18.1 Å². The molecule has 0 unspecified atom stereocenters. The zero-order chi connectivity index (χ0) is 66.5. The summed E-state index contributed by atoms with van der Waals surface area (Å²) in [6.07, 6.45) is 9.61. The molecule has 16 nitrogen and oxygen atoms in total. The number of halogens is 1. The van der Waals surface area contributed by atoms with Crippen molar-refractivity contribution < 1.29 is 33.9 Å². The quantitative estimate of drug-likeness (QED) is 0.00975. The van der Waals surface area contributed by atoms with Crippen molar-refractivity contribution in [2.75, 3.05) is 50.4 Å². The van der Waals surface area contributed by atoms with E-state index in [1.54, 1.807) is 13.0 Å². The molecule has 7 rings (SSSR count). The standard InChI is InChI=1S/C27H32ClN5O2.C26H31N3O2.C14H21NO.C7H14O2/c1-33(2)23-13-12-20-15-22(11-10-21(20)16-23)26(34)32-24(9-6-14-30-25(29)17-28)27(35)31-18-19-7-4-3-5-8-19;1-4-5-11-24(26(31)27-18-19-9-7-6-8-10-19)28-25(30)22-13-12-21-17-23(29(2)3)15-14-20(21)16-22;1-3-4-8-12(2)14(16)15-11-13-9-6-5-7-10-13;1-3-4-5-6(2)7(8)9/h3-5,7-8,10-13,15-16,24H,6,9,14,17-18H2,1-2H3,(H2,29,30)(H,31,35)(H,32,34);6-10,12-17,24H,4-5,11,18H2,1-3H3,(H,27,31)(H,28,30);5-7,9-10,12H,3-4,8,11H2,1-2H3,(H,15,16);6H,3-5H2,1-2H3,(H,8,9)/t2*24-;12-;6-/m0000/s1. The maximum Gasteiger partial charge on any atom is 0.306 e. The molecule has 8 N–H and O–H groups in total. The molecule has 0 saturated carbocycles. The first-order chi connectivity index (χ1) is 43.8. The highest BCUT2D eigenvalue weighted by Gasteiger charge is 2.23. The summed E-state index contributed by atoms with van der Waals surface area (Å²) in [5.74, 6) is -0.948. The van der Waals surface area contributed by atoms with E-state index in [2.05, 4.69) is 64.5 Å². The Labute approximate surface area is 545 Å². The van der Waals surface area contributed by atoms with E-state index in [0.717, 1.165) is 101 Å². The van der Waals surface area contributed by atoms with Gasteiger partial charge in [-0.3, -0.25) is 33.8 Å². The van der Waals surface area contributed by atoms with Gasteiger partial charge in [-0.15, -0.1) is 11.6 Å². The van der Waals surface area contributed by atoms with Gasteiger partial charge in [-0.05, 0) is 119 Å². The van der Waals surface area contributed by atoms with Gasteiger partial charge in [-0.2, -0.15) is 0 Å². The van der Waals surface area contributed by atoms with Crippen molar-refractivity contribution in [1.82, 2.24) is 26.6 Å². The molecule has 17 heteroatoms. The first-order valence-electron chi connectivity index (χ1n) is 31.8. The van der Waals surface area contributed by atoms with Gasteiger partial charge in [0.1, 0.15) is 17.9 Å². The second kappa shape index (κ2) is 41.5. The van der Waals surface area contributed by atoms with Crippen LogP contribution in [0.25, 0.3) is 21.5 Å². The molecule has 0 saturated heterocycles. The number of alkyl halides is 1. The Balaban J connectivity index is 0.000000286. The molecule has 0 bridgehead atoms. The maximum atomic E-state index is 13.1. The number of hydrogen-bond acceptors (Lipinski definition) is 9. The average molecular weight is 1260 g/mol. The van der Waals surface area contributed by atoms with Gasteiger partial charge in [0.25, 0.3) is 11.8 Å². The SMILES string of the molecule is CCCC[C@H](C)C(=O)NCc1ccccc1.CCCC[C@H](C)C(=O)O.CCCC[C@H](NC(=O)c1ccc2cc(N(C)C)ccc2c1)C(=O)NCc1ccccc1.CN(C)c1ccc2cc(C(=O)N[C@@H](CCCN=C(N)CCl)C(=O)NCc3ccccc3)ccc2c1. The lowest BCUT2D eigenvalue weighted by Crippen LogP contribution is -2.46. The Bertz CT molecular complexity index is 3370. The number of fused-ring (bicyclic) bond motifs is 2. The number of carboxylic acids is 1. The fraction of sp³-hybridized carbons (Fsp3) is 0.392. The number of aliphatic imine (C=N–C) groups is 1. The highest BCUT2D eigenvalue weighted by molar-refractivity contribution is 6.28. The molecule has 0 fully saturated rings. The third-order valence-electron chi connectivity index (χ3n) is 15.2. The largest absolute Gasteiger partial charge is 0.481 e. The third-order valence-corrected chi connectivity index (χ3v) is 15.5. The van der Waals surface area contributed by atoms with Crippen LogP contribution in [-0.4, -0.2) is 99.1 Å². The van der Waals surface area contributed by atoms with Crippen LogP contribution < -0.4 is 42.1 Å². The fourth-order valence-electron chi connectivity index (χ4n) is 9.35. The van der Waals surface area contributed by atoms with Gasteiger partial charge in [0, 0.05) is 82.8 Å². The van der Waals surface area contributed by atoms with Crippen molar-refractivity contribution in [2.24, 2.45) is 22.6 Å². The van der Waals surface area contributed by atoms with Crippen LogP contribution in [-0.2, 0) is 38.8 Å². The van der Waals surface area contributed by atoms with Gasteiger partial charge in [-0.25, -0.2) is 0 Å². The lowest BCUT2D eigenvalue weighted by molar-refractivity contribution is -0.141. The summed E-state index contributed by atoms with van der Waals surface area (Å²) in [6, 6.07) is 51.6. The maximum absolute atomic E-state index is 13.1. The van der Waals surface area contributed by atoms with Gasteiger partial charge in [-0.1, -0.05) is 188 Å². The molecule has 7 aromatic carbocycles. The second-order valence-corrected chi connectivity index (χ2v) is 23.4. The average Bonchev–Trinajstić information content (AvgIpc) is 1.35. The van der Waals surface area contributed by atoms with Crippen molar-refractivity contribution in [2.45, 2.75) is 137 Å². The minimum absolute atomic E-state index is 0.128. The Morgan fingerprint density at radius 3 is 1.20 bits per heavy atom. The number of amidine groups is 1. The van der Waals surface area contributed by atoms with Crippen LogP contribution >= 0.6 is 11.6 Å². The van der Waals surface area contributed by atoms with Crippen LogP contribution in [0.1, 0.15) is 143 Å². The Morgan fingerprint density at radius 2 is 0.824 bits per heavy atom. The highest BCUT2D eigenvalue weighted by Crippen LogP contribution is 2.24. The summed E-state index contributed by atoms with van der Waals surface area (Å²) >= 11 is 5.67. The van der Waals surface area contributed by atoms with Crippen LogP contribution in [0, 0.1) is 11.8 Å². The molecule has 0 aromatic heterocycles. The summed E-state index contributed by atoms with van der Waals surface area (Å²) in [5, 5.41) is 27.2. The normalized spacial score (nSPS) is 12.1. The minimum atomic E-state index is -0.703. The van der Waals surface area contributed by atoms with Crippen molar-refractivity contribution in [3.63, 3.8) is 0 Å². The number of aliphatic carboxylic acids is 1. The summed E-state index contributed by atoms with van der Waals surface area (Å²) in [7, 11) is 7.98. The first-order valence-corrected chi connectivity index (χ1v) is 32.4. The summed E-state index contributed by atoms with van der Waals surface area (Å²) in [4.78, 5) is 81.9. The topological polar surface area (TPSA) is 228 Å². The predicted octanol–water partition coefficient (Wildman–Crippen LogP) is 13.2. The molecule has 0 spiro atoms. The zero-order valence-electron chi connectivity index (χ0n) is 54.9. The van der Waals surface area contributed by atoms with E-state index in [1.807, 2.05) is 191 Å². The van der Waals surface area contributed by atoms with E-state index in [1.165, 1.54) is 0 Å². The van der Waals surface area contributed by atoms with Crippen molar-refractivity contribution in [1.29, 1.82) is 0 Å². The number of hydrogen-bond donors (Lipinski definition) is 7. The molecule has 4 atom stereocenters. The van der Waals surface area contributed by atoms with Gasteiger partial charge >= 0.3 is 5.97 Å². The van der Waals surface area contributed by atoms with E-state index in [0.29, 0.717) is 62.4 Å². The molecule has 0 aliphatic carbocycles.